The number of rotatable bonds is 3. The van der Waals surface area contributed by atoms with Gasteiger partial charge < -0.3 is 10.2 Å². The van der Waals surface area contributed by atoms with Gasteiger partial charge in [-0.15, -0.1) is 0 Å². The molecule has 0 saturated carbocycles. The number of aromatic nitrogens is 2. The zero-order valence-electron chi connectivity index (χ0n) is 15.2. The highest BCUT2D eigenvalue weighted by atomic mass is 79.9. The summed E-state index contributed by atoms with van der Waals surface area (Å²) in [5, 5.41) is 8.61. The molecule has 5 heteroatoms. The van der Waals surface area contributed by atoms with E-state index in [4.69, 9.17) is 5.10 Å². The summed E-state index contributed by atoms with van der Waals surface area (Å²) >= 11 is 3.52. The maximum Gasteiger partial charge on any atom is 0.133 e. The standard InChI is InChI=1S/C21H23BrN4/c1-25(2)17-10-6-15(7-11-17)20-19-5-3-4-14-23-21(19)26(24-20)18-12-8-16(22)9-13-18/h6-13,23H,3-5,14H2,1-2H3. The Labute approximate surface area is 163 Å². The van der Waals surface area contributed by atoms with Crippen LogP contribution in [0.3, 0.4) is 0 Å². The van der Waals surface area contributed by atoms with Gasteiger partial charge in [0.1, 0.15) is 5.82 Å². The van der Waals surface area contributed by atoms with Gasteiger partial charge in [0.25, 0.3) is 0 Å². The van der Waals surface area contributed by atoms with Gasteiger partial charge in [0.15, 0.2) is 0 Å². The zero-order chi connectivity index (χ0) is 18.1. The van der Waals surface area contributed by atoms with Crippen LogP contribution < -0.4 is 10.2 Å². The summed E-state index contributed by atoms with van der Waals surface area (Å²) in [7, 11) is 4.13. The van der Waals surface area contributed by atoms with E-state index in [2.05, 4.69) is 93.5 Å². The molecule has 0 amide bonds. The molecule has 4 rings (SSSR count). The summed E-state index contributed by atoms with van der Waals surface area (Å²) in [6, 6.07) is 17.0. The van der Waals surface area contributed by atoms with Crippen LogP contribution in [0.5, 0.6) is 0 Å². The van der Waals surface area contributed by atoms with Crippen LogP contribution in [0.1, 0.15) is 18.4 Å². The van der Waals surface area contributed by atoms with Crippen LogP contribution >= 0.6 is 15.9 Å². The van der Waals surface area contributed by atoms with Crippen molar-refractivity contribution < 1.29 is 0 Å². The number of hydrogen-bond donors (Lipinski definition) is 1. The number of benzene rings is 2. The Morgan fingerprint density at radius 1 is 1.00 bits per heavy atom. The molecular weight excluding hydrogens is 388 g/mol. The van der Waals surface area contributed by atoms with Crippen LogP contribution in [-0.4, -0.2) is 30.4 Å². The first-order valence-corrected chi connectivity index (χ1v) is 9.82. The van der Waals surface area contributed by atoms with Crippen molar-refractivity contribution in [3.05, 3.63) is 58.6 Å². The smallest absolute Gasteiger partial charge is 0.133 e. The first kappa shape index (κ1) is 17.2. The van der Waals surface area contributed by atoms with E-state index in [-0.39, 0.29) is 0 Å². The highest BCUT2D eigenvalue weighted by Crippen LogP contribution is 2.34. The molecule has 0 aliphatic carbocycles. The minimum Gasteiger partial charge on any atom is -0.378 e. The third-order valence-corrected chi connectivity index (χ3v) is 5.39. The molecule has 1 aliphatic rings. The van der Waals surface area contributed by atoms with E-state index in [0.29, 0.717) is 0 Å². The second kappa shape index (κ2) is 7.16. The fourth-order valence-corrected chi connectivity index (χ4v) is 3.69. The second-order valence-corrected chi connectivity index (χ2v) is 7.80. The van der Waals surface area contributed by atoms with Crippen LogP contribution in [0, 0.1) is 0 Å². The molecule has 0 radical (unpaired) electrons. The third kappa shape index (κ3) is 3.23. The largest absolute Gasteiger partial charge is 0.378 e. The molecule has 0 saturated heterocycles. The Morgan fingerprint density at radius 2 is 1.73 bits per heavy atom. The molecular formula is C21H23BrN4. The minimum absolute atomic E-state index is 0.994. The first-order valence-electron chi connectivity index (χ1n) is 9.03. The lowest BCUT2D eigenvalue weighted by molar-refractivity contribution is 0.780. The molecule has 0 fully saturated rings. The number of halogens is 1. The van der Waals surface area contributed by atoms with E-state index in [9.17, 15) is 0 Å². The number of nitrogens with one attached hydrogen (secondary N) is 1. The van der Waals surface area contributed by atoms with E-state index >= 15 is 0 Å². The van der Waals surface area contributed by atoms with Gasteiger partial charge in [-0.05, 0) is 55.7 Å². The topological polar surface area (TPSA) is 33.1 Å². The van der Waals surface area contributed by atoms with Crippen molar-refractivity contribution in [2.75, 3.05) is 30.9 Å². The fraction of sp³-hybridized carbons (Fsp3) is 0.286. The summed E-state index contributed by atoms with van der Waals surface area (Å²) in [6.45, 7) is 0.994. The zero-order valence-corrected chi connectivity index (χ0v) is 16.8. The molecule has 0 bridgehead atoms. The van der Waals surface area contributed by atoms with Gasteiger partial charge in [-0.3, -0.25) is 0 Å². The number of fused-ring (bicyclic) bond motifs is 1. The summed E-state index contributed by atoms with van der Waals surface area (Å²) in [6.07, 6.45) is 3.44. The molecule has 4 nitrogen and oxygen atoms in total. The van der Waals surface area contributed by atoms with Gasteiger partial charge in [-0.1, -0.05) is 28.1 Å². The molecule has 2 heterocycles. The highest BCUT2D eigenvalue weighted by molar-refractivity contribution is 9.10. The lowest BCUT2D eigenvalue weighted by Gasteiger charge is -2.12. The molecule has 26 heavy (non-hydrogen) atoms. The number of anilines is 2. The van der Waals surface area contributed by atoms with Crippen LogP contribution in [0.4, 0.5) is 11.5 Å². The SMILES string of the molecule is CN(C)c1ccc(-c2nn(-c3ccc(Br)cc3)c3c2CCCCN3)cc1. The quantitative estimate of drug-likeness (QED) is 0.650. The van der Waals surface area contributed by atoms with E-state index in [1.54, 1.807) is 0 Å². The molecule has 3 aromatic rings. The van der Waals surface area contributed by atoms with Gasteiger partial charge in [-0.2, -0.15) is 5.10 Å². The van der Waals surface area contributed by atoms with Crippen LogP contribution in [0.15, 0.2) is 53.0 Å². The van der Waals surface area contributed by atoms with Gasteiger partial charge in [0.05, 0.1) is 11.4 Å². The molecule has 1 aliphatic heterocycles. The van der Waals surface area contributed by atoms with Gasteiger partial charge in [-0.25, -0.2) is 4.68 Å². The second-order valence-electron chi connectivity index (χ2n) is 6.89. The maximum atomic E-state index is 5.00. The summed E-state index contributed by atoms with van der Waals surface area (Å²) in [5.41, 5.74) is 5.86. The molecule has 0 atom stereocenters. The van der Waals surface area contributed by atoms with Gasteiger partial charge in [0.2, 0.25) is 0 Å². The highest BCUT2D eigenvalue weighted by Gasteiger charge is 2.21. The molecule has 0 unspecified atom stereocenters. The summed E-state index contributed by atoms with van der Waals surface area (Å²) < 4.78 is 3.13. The first-order chi connectivity index (χ1) is 12.6. The molecule has 2 aromatic carbocycles. The number of hydrogen-bond acceptors (Lipinski definition) is 3. The van der Waals surface area contributed by atoms with Crippen LogP contribution in [0.25, 0.3) is 16.9 Å². The monoisotopic (exact) mass is 410 g/mol. The molecule has 134 valence electrons. The molecule has 1 N–H and O–H groups in total. The van der Waals surface area contributed by atoms with E-state index in [0.717, 1.165) is 34.6 Å². The molecule has 1 aromatic heterocycles. The predicted octanol–water partition coefficient (Wildman–Crippen LogP) is 5.12. The lowest BCUT2D eigenvalue weighted by atomic mass is 10.0. The van der Waals surface area contributed by atoms with E-state index in [1.165, 1.54) is 29.7 Å². The summed E-state index contributed by atoms with van der Waals surface area (Å²) in [5.74, 6) is 1.14. The van der Waals surface area contributed by atoms with Gasteiger partial charge >= 0.3 is 0 Å². The van der Waals surface area contributed by atoms with Gasteiger partial charge in [0, 0.05) is 41.9 Å². The van der Waals surface area contributed by atoms with Crippen molar-refractivity contribution in [3.63, 3.8) is 0 Å². The molecule has 0 spiro atoms. The van der Waals surface area contributed by atoms with Crippen LogP contribution in [0.2, 0.25) is 0 Å². The lowest BCUT2D eigenvalue weighted by Crippen LogP contribution is -2.08. The number of nitrogens with zero attached hydrogens (tertiary/aromatic N) is 3. The Hall–Kier alpha value is -2.27. The Morgan fingerprint density at radius 3 is 2.42 bits per heavy atom. The minimum atomic E-state index is 0.994. The fourth-order valence-electron chi connectivity index (χ4n) is 3.42. The third-order valence-electron chi connectivity index (χ3n) is 4.86. The summed E-state index contributed by atoms with van der Waals surface area (Å²) in [4.78, 5) is 2.12. The van der Waals surface area contributed by atoms with Crippen molar-refractivity contribution in [1.29, 1.82) is 0 Å². The maximum absolute atomic E-state index is 5.00. The van der Waals surface area contributed by atoms with Crippen molar-refractivity contribution in [3.8, 4) is 16.9 Å². The average Bonchev–Trinajstić information content (AvgIpc) is 2.84. The predicted molar refractivity (Wildman–Crippen MR) is 112 cm³/mol. The van der Waals surface area contributed by atoms with Crippen molar-refractivity contribution in [2.24, 2.45) is 0 Å². The average molecular weight is 411 g/mol. The Kier molecular flexibility index (Phi) is 4.72. The van der Waals surface area contributed by atoms with E-state index < -0.39 is 0 Å². The van der Waals surface area contributed by atoms with E-state index in [1.807, 2.05) is 0 Å². The van der Waals surface area contributed by atoms with Crippen molar-refractivity contribution >= 4 is 27.4 Å². The van der Waals surface area contributed by atoms with Crippen molar-refractivity contribution in [1.82, 2.24) is 9.78 Å². The van der Waals surface area contributed by atoms with Crippen LogP contribution in [-0.2, 0) is 6.42 Å². The van der Waals surface area contributed by atoms with Crippen molar-refractivity contribution in [2.45, 2.75) is 19.3 Å². The normalized spacial score (nSPS) is 13.7. The Balaban J connectivity index is 1.83. The Bertz CT molecular complexity index is 895.